The average Bonchev–Trinajstić information content (AvgIpc) is 2.74. The highest BCUT2D eigenvalue weighted by atomic mass is 32.2. The Hall–Kier alpha value is -2.07. The summed E-state index contributed by atoms with van der Waals surface area (Å²) < 4.78 is 6.13. The average molecular weight is 423 g/mol. The van der Waals surface area contributed by atoms with E-state index in [4.69, 9.17) is 9.72 Å². The maximum absolute atomic E-state index is 10.0. The fourth-order valence-corrected chi connectivity index (χ4v) is 5.13. The van der Waals surface area contributed by atoms with Gasteiger partial charge in [0.05, 0.1) is 17.8 Å². The predicted molar refractivity (Wildman–Crippen MR) is 122 cm³/mol. The molecule has 2 aromatic rings. The number of aryl methyl sites for hydroxylation is 1. The summed E-state index contributed by atoms with van der Waals surface area (Å²) >= 11 is 1.71. The summed E-state index contributed by atoms with van der Waals surface area (Å²) in [6, 6.07) is 13.0. The van der Waals surface area contributed by atoms with Crippen molar-refractivity contribution < 1.29 is 4.74 Å². The molecule has 0 N–H and O–H groups in total. The van der Waals surface area contributed by atoms with Crippen LogP contribution in [0, 0.1) is 11.3 Å². The van der Waals surface area contributed by atoms with Gasteiger partial charge < -0.3 is 14.5 Å². The van der Waals surface area contributed by atoms with Crippen LogP contribution in [0.3, 0.4) is 0 Å². The molecule has 6 heteroatoms. The van der Waals surface area contributed by atoms with Gasteiger partial charge in [-0.1, -0.05) is 30.3 Å². The first kappa shape index (κ1) is 21.2. The van der Waals surface area contributed by atoms with Gasteiger partial charge in [0.25, 0.3) is 0 Å². The van der Waals surface area contributed by atoms with Crippen LogP contribution in [0.4, 0.5) is 5.82 Å². The van der Waals surface area contributed by atoms with Gasteiger partial charge in [-0.15, -0.1) is 11.8 Å². The molecule has 1 aromatic carbocycles. The van der Waals surface area contributed by atoms with Crippen molar-refractivity contribution in [2.45, 2.75) is 43.9 Å². The Balaban J connectivity index is 1.66. The molecule has 0 amide bonds. The number of likely N-dealkylation sites (N-methyl/N-ethyl adjacent to an activating group) is 1. The number of anilines is 1. The highest BCUT2D eigenvalue weighted by molar-refractivity contribution is 7.99. The van der Waals surface area contributed by atoms with Crippen molar-refractivity contribution in [3.63, 3.8) is 0 Å². The molecule has 0 unspecified atom stereocenters. The summed E-state index contributed by atoms with van der Waals surface area (Å²) in [5, 5.41) is 10.9. The number of aromatic nitrogens is 1. The van der Waals surface area contributed by atoms with E-state index < -0.39 is 0 Å². The lowest BCUT2D eigenvalue weighted by molar-refractivity contribution is -0.0402. The van der Waals surface area contributed by atoms with Gasteiger partial charge in [0.15, 0.2) is 0 Å². The van der Waals surface area contributed by atoms with Crippen LogP contribution >= 0.6 is 11.8 Å². The number of nitrogens with zero attached hydrogens (tertiary/aromatic N) is 4. The number of piperazine rings is 1. The molecule has 1 saturated heterocycles. The van der Waals surface area contributed by atoms with Crippen molar-refractivity contribution in [3.05, 3.63) is 52.6 Å². The Morgan fingerprint density at radius 3 is 2.57 bits per heavy atom. The van der Waals surface area contributed by atoms with E-state index in [1.54, 1.807) is 11.8 Å². The molecule has 0 aliphatic carbocycles. The van der Waals surface area contributed by atoms with E-state index in [-0.39, 0.29) is 5.60 Å². The van der Waals surface area contributed by atoms with Crippen molar-refractivity contribution in [2.75, 3.05) is 43.9 Å². The minimum atomic E-state index is -0.259. The summed E-state index contributed by atoms with van der Waals surface area (Å²) in [7, 11) is 2.16. The molecule has 0 atom stereocenters. The van der Waals surface area contributed by atoms with E-state index in [2.05, 4.69) is 61.0 Å². The van der Waals surface area contributed by atoms with E-state index in [1.165, 1.54) is 5.56 Å². The molecule has 5 nitrogen and oxygen atoms in total. The largest absolute Gasteiger partial charge is 0.370 e. The minimum absolute atomic E-state index is 0.259. The van der Waals surface area contributed by atoms with E-state index in [9.17, 15) is 5.26 Å². The normalized spacial score (nSPS) is 18.7. The molecule has 158 valence electrons. The third kappa shape index (κ3) is 4.64. The summed E-state index contributed by atoms with van der Waals surface area (Å²) in [6.07, 6.45) is 1.72. The molecule has 4 rings (SSSR count). The number of hydrogen-bond acceptors (Lipinski definition) is 6. The molecule has 0 spiro atoms. The third-order valence-corrected chi connectivity index (χ3v) is 6.93. The maximum Gasteiger partial charge on any atom is 0.135 e. The van der Waals surface area contributed by atoms with Crippen LogP contribution in [-0.2, 0) is 24.2 Å². The maximum atomic E-state index is 10.0. The van der Waals surface area contributed by atoms with Crippen molar-refractivity contribution in [1.82, 2.24) is 9.88 Å². The zero-order valence-corrected chi connectivity index (χ0v) is 19.0. The Morgan fingerprint density at radius 1 is 1.13 bits per heavy atom. The van der Waals surface area contributed by atoms with Crippen LogP contribution in [0.25, 0.3) is 0 Å². The number of thioether (sulfide) groups is 1. The molecule has 3 heterocycles. The molecule has 2 aliphatic heterocycles. The first-order chi connectivity index (χ1) is 14.5. The monoisotopic (exact) mass is 422 g/mol. The summed E-state index contributed by atoms with van der Waals surface area (Å²) in [4.78, 5) is 9.78. The minimum Gasteiger partial charge on any atom is -0.370 e. The number of hydrogen-bond donors (Lipinski definition) is 0. The lowest BCUT2D eigenvalue weighted by Crippen LogP contribution is -2.46. The summed E-state index contributed by atoms with van der Waals surface area (Å²) in [5.41, 5.74) is 4.06. The Morgan fingerprint density at radius 2 is 1.87 bits per heavy atom. The van der Waals surface area contributed by atoms with Gasteiger partial charge in [-0.05, 0) is 38.4 Å². The Bertz CT molecular complexity index is 930. The van der Waals surface area contributed by atoms with Gasteiger partial charge in [-0.3, -0.25) is 0 Å². The standard InChI is InChI=1S/C24H30N4OS/c1-24(2)15-19-20(16-25)23(30-14-9-18-7-5-4-6-8-18)26-22(21(19)17-29-24)28-12-10-27(3)11-13-28/h4-8H,9-15,17H2,1-3H3. The number of fused-ring (bicyclic) bond motifs is 1. The first-order valence-electron chi connectivity index (χ1n) is 10.7. The Labute approximate surface area is 184 Å². The third-order valence-electron chi connectivity index (χ3n) is 5.95. The molecule has 0 radical (unpaired) electrons. The first-order valence-corrected chi connectivity index (χ1v) is 11.7. The Kier molecular flexibility index (Phi) is 6.33. The van der Waals surface area contributed by atoms with Crippen LogP contribution < -0.4 is 4.90 Å². The highest BCUT2D eigenvalue weighted by Gasteiger charge is 2.33. The SMILES string of the molecule is CN1CCN(c2nc(SCCc3ccccc3)c(C#N)c3c2COC(C)(C)C3)CC1. The number of pyridine rings is 1. The van der Waals surface area contributed by atoms with Crippen LogP contribution in [-0.4, -0.2) is 54.5 Å². The van der Waals surface area contributed by atoms with E-state index in [0.717, 1.165) is 72.3 Å². The second kappa shape index (κ2) is 8.97. The summed E-state index contributed by atoms with van der Waals surface area (Å²) in [6.45, 7) is 8.71. The van der Waals surface area contributed by atoms with Gasteiger partial charge >= 0.3 is 0 Å². The van der Waals surface area contributed by atoms with Gasteiger partial charge in [0.2, 0.25) is 0 Å². The zero-order chi connectivity index (χ0) is 21.1. The van der Waals surface area contributed by atoms with Crippen molar-refractivity contribution in [2.24, 2.45) is 0 Å². The van der Waals surface area contributed by atoms with Gasteiger partial charge in [-0.25, -0.2) is 4.98 Å². The van der Waals surface area contributed by atoms with E-state index in [0.29, 0.717) is 6.61 Å². The van der Waals surface area contributed by atoms with Crippen LogP contribution in [0.5, 0.6) is 0 Å². The molecule has 0 bridgehead atoms. The predicted octanol–water partition coefficient (Wildman–Crippen LogP) is 3.89. The van der Waals surface area contributed by atoms with Gasteiger partial charge in [0.1, 0.15) is 16.9 Å². The molecule has 1 aromatic heterocycles. The smallest absolute Gasteiger partial charge is 0.135 e. The van der Waals surface area contributed by atoms with Gasteiger partial charge in [0, 0.05) is 43.9 Å². The lowest BCUT2D eigenvalue weighted by atomic mass is 9.89. The topological polar surface area (TPSA) is 52.4 Å². The number of nitriles is 1. The molecule has 2 aliphatic rings. The highest BCUT2D eigenvalue weighted by Crippen LogP contribution is 2.38. The fraction of sp³-hybridized carbons (Fsp3) is 0.500. The van der Waals surface area contributed by atoms with Crippen molar-refractivity contribution >= 4 is 17.6 Å². The fourth-order valence-electron chi connectivity index (χ4n) is 4.14. The number of rotatable bonds is 5. The van der Waals surface area contributed by atoms with E-state index >= 15 is 0 Å². The van der Waals surface area contributed by atoms with Crippen LogP contribution in [0.15, 0.2) is 35.4 Å². The van der Waals surface area contributed by atoms with Crippen LogP contribution in [0.1, 0.15) is 36.1 Å². The second-order valence-electron chi connectivity index (χ2n) is 8.78. The number of ether oxygens (including phenoxy) is 1. The molecular weight excluding hydrogens is 392 g/mol. The van der Waals surface area contributed by atoms with Gasteiger partial charge in [-0.2, -0.15) is 5.26 Å². The molecular formula is C24H30N4OS. The zero-order valence-electron chi connectivity index (χ0n) is 18.1. The van der Waals surface area contributed by atoms with E-state index in [1.807, 2.05) is 6.07 Å². The van der Waals surface area contributed by atoms with Crippen molar-refractivity contribution in [1.29, 1.82) is 5.26 Å². The molecule has 30 heavy (non-hydrogen) atoms. The number of benzene rings is 1. The quantitative estimate of drug-likeness (QED) is 0.682. The lowest BCUT2D eigenvalue weighted by Gasteiger charge is -2.38. The van der Waals surface area contributed by atoms with Crippen molar-refractivity contribution in [3.8, 4) is 6.07 Å². The summed E-state index contributed by atoms with van der Waals surface area (Å²) in [5.74, 6) is 1.93. The second-order valence-corrected chi connectivity index (χ2v) is 9.87. The molecule has 0 saturated carbocycles. The molecule has 1 fully saturated rings. The van der Waals surface area contributed by atoms with Crippen LogP contribution in [0.2, 0.25) is 0 Å².